The van der Waals surface area contributed by atoms with Gasteiger partial charge in [-0.1, -0.05) is 36.4 Å². The van der Waals surface area contributed by atoms with Crippen molar-refractivity contribution < 1.29 is 9.90 Å². The first-order valence-electron chi connectivity index (χ1n) is 8.64. The SMILES string of the molecule is O=C(O)CCc1cccc(C2CCCN(Cc3ccccc3)C2)n1. The van der Waals surface area contributed by atoms with Crippen LogP contribution in [0.5, 0.6) is 0 Å². The zero-order chi connectivity index (χ0) is 16.8. The molecule has 2 aromatic rings. The maximum atomic E-state index is 10.7. The highest BCUT2D eigenvalue weighted by Crippen LogP contribution is 2.26. The third-order valence-electron chi connectivity index (χ3n) is 4.60. The average molecular weight is 324 g/mol. The molecule has 0 saturated carbocycles. The Hall–Kier alpha value is -2.20. The van der Waals surface area contributed by atoms with Crippen molar-refractivity contribution in [2.24, 2.45) is 0 Å². The average Bonchev–Trinajstić information content (AvgIpc) is 2.61. The molecule has 0 spiro atoms. The van der Waals surface area contributed by atoms with Crippen molar-refractivity contribution in [3.05, 3.63) is 65.5 Å². The molecule has 1 unspecified atom stereocenters. The van der Waals surface area contributed by atoms with E-state index in [1.165, 1.54) is 12.0 Å². The van der Waals surface area contributed by atoms with Gasteiger partial charge in [-0.05, 0) is 37.1 Å². The summed E-state index contributed by atoms with van der Waals surface area (Å²) in [4.78, 5) is 18.0. The van der Waals surface area contributed by atoms with Crippen molar-refractivity contribution in [1.82, 2.24) is 9.88 Å². The first kappa shape index (κ1) is 16.7. The van der Waals surface area contributed by atoms with Crippen molar-refractivity contribution in [3.8, 4) is 0 Å². The molecule has 1 N–H and O–H groups in total. The van der Waals surface area contributed by atoms with Crippen LogP contribution in [-0.4, -0.2) is 34.0 Å². The van der Waals surface area contributed by atoms with Crippen molar-refractivity contribution >= 4 is 5.97 Å². The molecule has 1 aromatic carbocycles. The molecule has 1 aromatic heterocycles. The van der Waals surface area contributed by atoms with Gasteiger partial charge in [-0.2, -0.15) is 0 Å². The van der Waals surface area contributed by atoms with Crippen LogP contribution in [0.3, 0.4) is 0 Å². The Balaban J connectivity index is 1.64. The summed E-state index contributed by atoms with van der Waals surface area (Å²) in [5.74, 6) is -0.332. The van der Waals surface area contributed by atoms with E-state index < -0.39 is 5.97 Å². The van der Waals surface area contributed by atoms with Gasteiger partial charge in [-0.25, -0.2) is 0 Å². The molecule has 126 valence electrons. The smallest absolute Gasteiger partial charge is 0.303 e. The molecule has 1 aliphatic heterocycles. The molecular formula is C20H24N2O2. The highest BCUT2D eigenvalue weighted by Gasteiger charge is 2.22. The minimum atomic E-state index is -0.770. The summed E-state index contributed by atoms with van der Waals surface area (Å²) in [6, 6.07) is 16.6. The van der Waals surface area contributed by atoms with Gasteiger partial charge < -0.3 is 5.11 Å². The van der Waals surface area contributed by atoms with Crippen LogP contribution in [0.1, 0.15) is 42.1 Å². The lowest BCUT2D eigenvalue weighted by Gasteiger charge is -2.32. The summed E-state index contributed by atoms with van der Waals surface area (Å²) in [5.41, 5.74) is 3.34. The van der Waals surface area contributed by atoms with Gasteiger partial charge in [0, 0.05) is 36.8 Å². The molecule has 1 aliphatic rings. The third-order valence-corrected chi connectivity index (χ3v) is 4.60. The Morgan fingerprint density at radius 3 is 2.79 bits per heavy atom. The van der Waals surface area contributed by atoms with Gasteiger partial charge >= 0.3 is 5.97 Å². The molecule has 1 saturated heterocycles. The molecule has 0 aliphatic carbocycles. The number of hydrogen-bond acceptors (Lipinski definition) is 3. The fourth-order valence-corrected chi connectivity index (χ4v) is 3.38. The number of carboxylic acids is 1. The first-order valence-corrected chi connectivity index (χ1v) is 8.64. The number of rotatable bonds is 6. The van der Waals surface area contributed by atoms with Crippen LogP contribution in [0, 0.1) is 0 Å². The van der Waals surface area contributed by atoms with Crippen LogP contribution in [0.25, 0.3) is 0 Å². The number of aromatic nitrogens is 1. The number of piperidine rings is 1. The van der Waals surface area contributed by atoms with E-state index in [2.05, 4.69) is 41.3 Å². The van der Waals surface area contributed by atoms with Crippen LogP contribution in [0.4, 0.5) is 0 Å². The van der Waals surface area contributed by atoms with Gasteiger partial charge in [0.15, 0.2) is 0 Å². The standard InChI is InChI=1S/C20H24N2O2/c23-20(24)12-11-18-9-4-10-19(21-18)17-8-5-13-22(15-17)14-16-6-2-1-3-7-16/h1-4,6-7,9-10,17H,5,8,11-15H2,(H,23,24). The Kier molecular flexibility index (Phi) is 5.59. The van der Waals surface area contributed by atoms with Crippen molar-refractivity contribution in [1.29, 1.82) is 0 Å². The van der Waals surface area contributed by atoms with E-state index in [1.807, 2.05) is 12.1 Å². The minimum absolute atomic E-state index is 0.140. The summed E-state index contributed by atoms with van der Waals surface area (Å²) < 4.78 is 0. The molecule has 0 bridgehead atoms. The predicted molar refractivity (Wildman–Crippen MR) is 93.9 cm³/mol. The summed E-state index contributed by atoms with van der Waals surface area (Å²) in [6.07, 6.45) is 2.98. The summed E-state index contributed by atoms with van der Waals surface area (Å²) in [7, 11) is 0. The molecule has 0 radical (unpaired) electrons. The monoisotopic (exact) mass is 324 g/mol. The summed E-state index contributed by atoms with van der Waals surface area (Å²) >= 11 is 0. The van der Waals surface area contributed by atoms with E-state index in [-0.39, 0.29) is 6.42 Å². The molecular weight excluding hydrogens is 300 g/mol. The van der Waals surface area contributed by atoms with Crippen LogP contribution < -0.4 is 0 Å². The lowest BCUT2D eigenvalue weighted by atomic mass is 9.93. The molecule has 0 amide bonds. The second-order valence-electron chi connectivity index (χ2n) is 6.51. The Bertz CT molecular complexity index is 672. The molecule has 3 rings (SSSR count). The molecule has 4 nitrogen and oxygen atoms in total. The lowest BCUT2D eigenvalue weighted by molar-refractivity contribution is -0.136. The minimum Gasteiger partial charge on any atom is -0.481 e. The van der Waals surface area contributed by atoms with Crippen molar-refractivity contribution in [3.63, 3.8) is 0 Å². The number of likely N-dealkylation sites (tertiary alicyclic amines) is 1. The van der Waals surface area contributed by atoms with Gasteiger partial charge in [0.05, 0.1) is 6.42 Å². The Labute approximate surface area is 143 Å². The highest BCUT2D eigenvalue weighted by atomic mass is 16.4. The van der Waals surface area contributed by atoms with E-state index in [0.29, 0.717) is 12.3 Å². The first-order chi connectivity index (χ1) is 11.7. The highest BCUT2D eigenvalue weighted by molar-refractivity contribution is 5.66. The number of aliphatic carboxylic acids is 1. The Morgan fingerprint density at radius 2 is 2.00 bits per heavy atom. The van der Waals surface area contributed by atoms with Crippen molar-refractivity contribution in [2.75, 3.05) is 13.1 Å². The number of benzene rings is 1. The second kappa shape index (κ2) is 8.06. The van der Waals surface area contributed by atoms with Gasteiger partial charge in [0.2, 0.25) is 0 Å². The number of aryl methyl sites for hydroxylation is 1. The fourth-order valence-electron chi connectivity index (χ4n) is 3.38. The molecule has 24 heavy (non-hydrogen) atoms. The molecule has 4 heteroatoms. The van der Waals surface area contributed by atoms with E-state index >= 15 is 0 Å². The zero-order valence-corrected chi connectivity index (χ0v) is 13.9. The number of carboxylic acid groups (broad SMARTS) is 1. The van der Waals surface area contributed by atoms with Crippen LogP contribution in [-0.2, 0) is 17.8 Å². The maximum absolute atomic E-state index is 10.7. The molecule has 1 atom stereocenters. The third kappa shape index (κ3) is 4.65. The second-order valence-corrected chi connectivity index (χ2v) is 6.51. The number of hydrogen-bond donors (Lipinski definition) is 1. The predicted octanol–water partition coefficient (Wildman–Crippen LogP) is 3.48. The largest absolute Gasteiger partial charge is 0.481 e. The Morgan fingerprint density at radius 1 is 1.17 bits per heavy atom. The van der Waals surface area contributed by atoms with E-state index in [4.69, 9.17) is 10.1 Å². The number of pyridine rings is 1. The van der Waals surface area contributed by atoms with Gasteiger partial charge in [-0.15, -0.1) is 0 Å². The maximum Gasteiger partial charge on any atom is 0.303 e. The van der Waals surface area contributed by atoms with Gasteiger partial charge in [0.1, 0.15) is 0 Å². The number of nitrogens with zero attached hydrogens (tertiary/aromatic N) is 2. The normalized spacial score (nSPS) is 18.4. The van der Waals surface area contributed by atoms with Crippen LogP contribution in [0.15, 0.2) is 48.5 Å². The summed E-state index contributed by atoms with van der Waals surface area (Å²) in [5, 5.41) is 8.83. The van der Waals surface area contributed by atoms with E-state index in [0.717, 1.165) is 37.4 Å². The van der Waals surface area contributed by atoms with Gasteiger partial charge in [-0.3, -0.25) is 14.7 Å². The fraction of sp³-hybridized carbons (Fsp3) is 0.400. The zero-order valence-electron chi connectivity index (χ0n) is 13.9. The molecule has 1 fully saturated rings. The van der Waals surface area contributed by atoms with Crippen molar-refractivity contribution in [2.45, 2.75) is 38.1 Å². The topological polar surface area (TPSA) is 53.4 Å². The van der Waals surface area contributed by atoms with Crippen LogP contribution in [0.2, 0.25) is 0 Å². The number of carbonyl (C=O) groups is 1. The lowest BCUT2D eigenvalue weighted by Crippen LogP contribution is -2.34. The summed E-state index contributed by atoms with van der Waals surface area (Å²) in [6.45, 7) is 3.13. The van der Waals surface area contributed by atoms with E-state index in [1.54, 1.807) is 0 Å². The van der Waals surface area contributed by atoms with Crippen LogP contribution >= 0.6 is 0 Å². The van der Waals surface area contributed by atoms with Gasteiger partial charge in [0.25, 0.3) is 0 Å². The van der Waals surface area contributed by atoms with E-state index in [9.17, 15) is 4.79 Å². The molecule has 2 heterocycles. The quantitative estimate of drug-likeness (QED) is 0.884.